The molecule has 12 heteroatoms. The van der Waals surface area contributed by atoms with Gasteiger partial charge in [0.1, 0.15) is 23.8 Å². The van der Waals surface area contributed by atoms with Crippen LogP contribution in [0.3, 0.4) is 0 Å². The number of hydrogen-bond donors (Lipinski definition) is 0. The van der Waals surface area contributed by atoms with Crippen LogP contribution < -0.4 is 9.47 Å². The number of rotatable bonds is 6. The van der Waals surface area contributed by atoms with Crippen molar-refractivity contribution < 1.29 is 31.6 Å². The van der Waals surface area contributed by atoms with E-state index in [9.17, 15) is 9.00 Å². The molecular formula is C25H32ClN3O7S. The fourth-order valence-corrected chi connectivity index (χ4v) is 4.89. The molecule has 3 heterocycles. The van der Waals surface area contributed by atoms with Gasteiger partial charge in [0, 0.05) is 31.8 Å². The van der Waals surface area contributed by atoms with Gasteiger partial charge in [0.25, 0.3) is 0 Å². The first-order valence-electron chi connectivity index (χ1n) is 12.2. The number of nitrogens with zero attached hydrogens (tertiary/aromatic N) is 3. The SMILES string of the molecule is Cc1c(Oc2ccc(CC3COS(=O)OC3)cc2Cl)ncnc1OC1CCN(C(=O)OC(C)(C)C)CC1. The summed E-state index contributed by atoms with van der Waals surface area (Å²) in [5.41, 5.74) is 1.12. The third-order valence-electron chi connectivity index (χ3n) is 5.89. The van der Waals surface area contributed by atoms with Crippen molar-refractivity contribution in [2.24, 2.45) is 5.92 Å². The van der Waals surface area contributed by atoms with E-state index in [0.717, 1.165) is 5.56 Å². The minimum absolute atomic E-state index is 0.0896. The molecule has 2 aliphatic rings. The molecular weight excluding hydrogens is 522 g/mol. The second-order valence-corrected chi connectivity index (χ2v) is 11.4. The summed E-state index contributed by atoms with van der Waals surface area (Å²) >= 11 is 4.84. The first-order valence-corrected chi connectivity index (χ1v) is 13.6. The molecule has 0 saturated carbocycles. The highest BCUT2D eigenvalue weighted by atomic mass is 35.5. The molecule has 0 radical (unpaired) electrons. The van der Waals surface area contributed by atoms with E-state index in [2.05, 4.69) is 9.97 Å². The van der Waals surface area contributed by atoms with Gasteiger partial charge in [-0.3, -0.25) is 8.37 Å². The molecule has 0 atom stereocenters. The summed E-state index contributed by atoms with van der Waals surface area (Å²) in [6, 6.07) is 5.53. The predicted octanol–water partition coefficient (Wildman–Crippen LogP) is 4.79. The molecule has 1 aromatic heterocycles. The van der Waals surface area contributed by atoms with Crippen molar-refractivity contribution in [3.8, 4) is 17.5 Å². The summed E-state index contributed by atoms with van der Waals surface area (Å²) in [5, 5.41) is 0.439. The molecule has 2 aromatic rings. The van der Waals surface area contributed by atoms with Crippen molar-refractivity contribution >= 4 is 29.1 Å². The van der Waals surface area contributed by atoms with Crippen molar-refractivity contribution in [3.63, 3.8) is 0 Å². The molecule has 37 heavy (non-hydrogen) atoms. The minimum atomic E-state index is -1.65. The Hall–Kier alpha value is -2.47. The summed E-state index contributed by atoms with van der Waals surface area (Å²) in [5.74, 6) is 1.34. The number of ether oxygens (including phenoxy) is 3. The number of piperidine rings is 1. The molecule has 1 amide bonds. The summed E-state index contributed by atoms with van der Waals surface area (Å²) in [6.45, 7) is 9.22. The van der Waals surface area contributed by atoms with Gasteiger partial charge in [-0.1, -0.05) is 17.7 Å². The normalized spacial score (nSPS) is 20.9. The van der Waals surface area contributed by atoms with Crippen LogP contribution in [0.2, 0.25) is 5.02 Å². The second kappa shape index (κ2) is 11.9. The van der Waals surface area contributed by atoms with Gasteiger partial charge in [0.15, 0.2) is 0 Å². The van der Waals surface area contributed by atoms with E-state index in [1.165, 1.54) is 6.33 Å². The van der Waals surface area contributed by atoms with Crippen LogP contribution in [0.4, 0.5) is 4.79 Å². The number of aromatic nitrogens is 2. The number of carbonyl (C=O) groups is 1. The Labute approximate surface area is 224 Å². The number of likely N-dealkylation sites (tertiary alicyclic amines) is 1. The number of halogens is 1. The van der Waals surface area contributed by atoms with Gasteiger partial charge in [0.05, 0.1) is 23.8 Å². The van der Waals surface area contributed by atoms with Crippen LogP contribution in [0.15, 0.2) is 24.5 Å². The maximum atomic E-state index is 12.3. The van der Waals surface area contributed by atoms with Crippen LogP contribution in [-0.2, 0) is 30.9 Å². The summed E-state index contributed by atoms with van der Waals surface area (Å²) in [7, 11) is 0. The van der Waals surface area contributed by atoms with Gasteiger partial charge in [-0.15, -0.1) is 0 Å². The van der Waals surface area contributed by atoms with Crippen molar-refractivity contribution in [2.75, 3.05) is 26.3 Å². The molecule has 0 unspecified atom stereocenters. The molecule has 4 rings (SSSR count). The summed E-state index contributed by atoms with van der Waals surface area (Å²) < 4.78 is 38.9. The quantitative estimate of drug-likeness (QED) is 0.498. The highest BCUT2D eigenvalue weighted by Gasteiger charge is 2.28. The zero-order valence-electron chi connectivity index (χ0n) is 21.4. The first-order chi connectivity index (χ1) is 17.6. The average molecular weight is 554 g/mol. The molecule has 2 aliphatic heterocycles. The lowest BCUT2D eigenvalue weighted by molar-refractivity contribution is 0.0122. The predicted molar refractivity (Wildman–Crippen MR) is 137 cm³/mol. The fraction of sp³-hybridized carbons (Fsp3) is 0.560. The van der Waals surface area contributed by atoms with E-state index in [1.54, 1.807) is 11.0 Å². The molecule has 2 saturated heterocycles. The monoisotopic (exact) mass is 553 g/mol. The Kier molecular flexibility index (Phi) is 8.89. The van der Waals surface area contributed by atoms with Crippen molar-refractivity contribution in [3.05, 3.63) is 40.7 Å². The standard InChI is InChI=1S/C25H32ClN3O7S/c1-16-22(34-19-7-9-29(10-8-19)24(30)36-25(2,3)4)27-15-28-23(16)35-21-6-5-17(12-20(21)26)11-18-13-32-37(31)33-14-18/h5-6,12,15,18-19H,7-11,13-14H2,1-4H3. The average Bonchev–Trinajstić information content (AvgIpc) is 2.84. The smallest absolute Gasteiger partial charge is 0.410 e. The van der Waals surface area contributed by atoms with Crippen molar-refractivity contribution in [2.45, 2.75) is 58.7 Å². The lowest BCUT2D eigenvalue weighted by atomic mass is 10.0. The van der Waals surface area contributed by atoms with Crippen LogP contribution >= 0.6 is 11.6 Å². The van der Waals surface area contributed by atoms with Crippen molar-refractivity contribution in [1.82, 2.24) is 14.9 Å². The van der Waals surface area contributed by atoms with E-state index in [-0.39, 0.29) is 18.1 Å². The van der Waals surface area contributed by atoms with E-state index < -0.39 is 17.0 Å². The van der Waals surface area contributed by atoms with Gasteiger partial charge in [-0.05, 0) is 51.8 Å². The van der Waals surface area contributed by atoms with Gasteiger partial charge < -0.3 is 19.1 Å². The van der Waals surface area contributed by atoms with Crippen LogP contribution in [-0.4, -0.2) is 63.2 Å². The number of benzene rings is 1. The minimum Gasteiger partial charge on any atom is -0.474 e. The second-order valence-electron chi connectivity index (χ2n) is 10.1. The van der Waals surface area contributed by atoms with Gasteiger partial charge >= 0.3 is 17.5 Å². The lowest BCUT2D eigenvalue weighted by Crippen LogP contribution is -2.44. The molecule has 1 aromatic carbocycles. The first kappa shape index (κ1) is 27.6. The Morgan fingerprint density at radius 2 is 1.84 bits per heavy atom. The zero-order chi connectivity index (χ0) is 26.6. The molecule has 202 valence electrons. The van der Waals surface area contributed by atoms with E-state index in [1.807, 2.05) is 39.8 Å². The van der Waals surface area contributed by atoms with E-state index >= 15 is 0 Å². The highest BCUT2D eigenvalue weighted by molar-refractivity contribution is 7.75. The molecule has 0 aliphatic carbocycles. The van der Waals surface area contributed by atoms with Crippen LogP contribution in [0, 0.1) is 12.8 Å². The molecule has 2 fully saturated rings. The lowest BCUT2D eigenvalue weighted by Gasteiger charge is -2.33. The zero-order valence-corrected chi connectivity index (χ0v) is 23.0. The molecule has 10 nitrogen and oxygen atoms in total. The maximum absolute atomic E-state index is 12.3. The van der Waals surface area contributed by atoms with Gasteiger partial charge in [-0.25, -0.2) is 14.8 Å². The third kappa shape index (κ3) is 7.76. The Morgan fingerprint density at radius 1 is 1.16 bits per heavy atom. The molecule has 0 N–H and O–H groups in total. The Bertz CT molecular complexity index is 1130. The van der Waals surface area contributed by atoms with Crippen LogP contribution in [0.5, 0.6) is 17.5 Å². The fourth-order valence-electron chi connectivity index (χ4n) is 3.98. The van der Waals surface area contributed by atoms with E-state index in [4.69, 9.17) is 34.2 Å². The Balaban J connectivity index is 1.34. The molecule has 0 bridgehead atoms. The third-order valence-corrected chi connectivity index (χ3v) is 6.84. The van der Waals surface area contributed by atoms with Gasteiger partial charge in [0.2, 0.25) is 11.8 Å². The summed E-state index contributed by atoms with van der Waals surface area (Å²) in [4.78, 5) is 22.6. The summed E-state index contributed by atoms with van der Waals surface area (Å²) in [6.07, 6.45) is 3.00. The number of carbonyl (C=O) groups excluding carboxylic acids is 1. The number of hydrogen-bond acceptors (Lipinski definition) is 9. The highest BCUT2D eigenvalue weighted by Crippen LogP contribution is 2.34. The maximum Gasteiger partial charge on any atom is 0.410 e. The van der Waals surface area contributed by atoms with E-state index in [0.29, 0.717) is 73.7 Å². The topological polar surface area (TPSA) is 109 Å². The van der Waals surface area contributed by atoms with Crippen LogP contribution in [0.1, 0.15) is 44.7 Å². The van der Waals surface area contributed by atoms with Crippen LogP contribution in [0.25, 0.3) is 0 Å². The Morgan fingerprint density at radius 3 is 2.49 bits per heavy atom. The van der Waals surface area contributed by atoms with Crippen molar-refractivity contribution in [1.29, 1.82) is 0 Å². The largest absolute Gasteiger partial charge is 0.474 e. The molecule has 0 spiro atoms. The van der Waals surface area contributed by atoms with Gasteiger partial charge in [-0.2, -0.15) is 4.21 Å². The number of amides is 1.